The van der Waals surface area contributed by atoms with Crippen LogP contribution in [0.1, 0.15) is 33.6 Å². The van der Waals surface area contributed by atoms with Crippen molar-refractivity contribution in [3.63, 3.8) is 0 Å². The summed E-state index contributed by atoms with van der Waals surface area (Å²) in [6, 6.07) is 0. The second-order valence-electron chi connectivity index (χ2n) is 6.08. The lowest BCUT2D eigenvalue weighted by atomic mass is 10.2. The summed E-state index contributed by atoms with van der Waals surface area (Å²) in [6.07, 6.45) is -0.315. The van der Waals surface area contributed by atoms with E-state index in [2.05, 4.69) is 15.4 Å². The summed E-state index contributed by atoms with van der Waals surface area (Å²) in [4.78, 5) is 33.6. The molecule has 0 aromatic rings. The van der Waals surface area contributed by atoms with Crippen LogP contribution in [-0.4, -0.2) is 70.2 Å². The van der Waals surface area contributed by atoms with Crippen molar-refractivity contribution in [2.45, 2.75) is 39.2 Å². The highest BCUT2D eigenvalue weighted by Gasteiger charge is 2.15. The fourth-order valence-corrected chi connectivity index (χ4v) is 1.53. The van der Waals surface area contributed by atoms with Crippen LogP contribution < -0.4 is 10.6 Å². The summed E-state index contributed by atoms with van der Waals surface area (Å²) in [5.41, 5.74) is -0.520. The molecule has 0 aliphatic carbocycles. The lowest BCUT2D eigenvalue weighted by Crippen LogP contribution is -2.34. The number of methoxy groups -OCH3 is 1. The lowest BCUT2D eigenvalue weighted by Gasteiger charge is -2.19. The average Bonchev–Trinajstić information content (AvgIpc) is 2.52. The van der Waals surface area contributed by atoms with Crippen LogP contribution >= 0.6 is 0 Å². The van der Waals surface area contributed by atoms with Gasteiger partial charge in [-0.15, -0.1) is 0 Å². The molecule has 2 N–H and O–H groups in total. The monoisotopic (exact) mass is 362 g/mol. The number of hydrogen-bond donors (Lipinski definition) is 2. The number of carbonyl (C=O) groups excluding carboxylic acids is 3. The third-order valence-electron chi connectivity index (χ3n) is 2.64. The van der Waals surface area contributed by atoms with Gasteiger partial charge in [-0.05, 0) is 20.8 Å². The fourth-order valence-electron chi connectivity index (χ4n) is 1.53. The summed E-state index contributed by atoms with van der Waals surface area (Å²) >= 11 is 0. The van der Waals surface area contributed by atoms with Crippen molar-refractivity contribution >= 4 is 18.0 Å². The molecule has 0 heterocycles. The van der Waals surface area contributed by atoms with Crippen LogP contribution in [0.5, 0.6) is 0 Å². The van der Waals surface area contributed by atoms with Gasteiger partial charge in [0.25, 0.3) is 0 Å². The zero-order valence-electron chi connectivity index (χ0n) is 15.5. The number of esters is 1. The molecule has 146 valence electrons. The molecule has 0 fully saturated rings. The summed E-state index contributed by atoms with van der Waals surface area (Å²) in [6.45, 7) is 7.56. The minimum Gasteiger partial charge on any atom is -0.469 e. The maximum atomic E-state index is 11.4. The first kappa shape index (κ1) is 23.1. The Hall–Kier alpha value is -1.87. The van der Waals surface area contributed by atoms with Gasteiger partial charge in [-0.2, -0.15) is 0 Å². The normalized spacial score (nSPS) is 10.9. The molecular weight excluding hydrogens is 332 g/mol. The summed E-state index contributed by atoms with van der Waals surface area (Å²) < 4.78 is 20.1. The topological polar surface area (TPSA) is 112 Å². The second-order valence-corrected chi connectivity index (χ2v) is 6.08. The first-order valence-electron chi connectivity index (χ1n) is 8.20. The van der Waals surface area contributed by atoms with E-state index in [1.165, 1.54) is 7.11 Å². The molecular formula is C16H30N2O7. The Labute approximate surface area is 148 Å². The molecule has 0 aliphatic heterocycles. The van der Waals surface area contributed by atoms with Crippen molar-refractivity contribution in [2.75, 3.05) is 46.6 Å². The molecule has 0 rings (SSSR count). The molecule has 0 aromatic carbocycles. The number of nitrogens with one attached hydrogen (secondary N) is 2. The standard InChI is InChI=1S/C16H30N2O7/c1-16(2,3)25-15(21)18-8-10-24-12-11-23-9-7-17-13(19)5-6-14(20)22-4/h5-12H2,1-4H3,(H,17,19)(H,18,21). The summed E-state index contributed by atoms with van der Waals surface area (Å²) in [5, 5.41) is 5.21. The highest BCUT2D eigenvalue weighted by atomic mass is 16.6. The molecule has 2 amide bonds. The predicted molar refractivity (Wildman–Crippen MR) is 90.1 cm³/mol. The third kappa shape index (κ3) is 16.8. The largest absolute Gasteiger partial charge is 0.469 e. The van der Waals surface area contributed by atoms with Gasteiger partial charge in [0.15, 0.2) is 0 Å². The lowest BCUT2D eigenvalue weighted by molar-refractivity contribution is -0.142. The third-order valence-corrected chi connectivity index (χ3v) is 2.64. The highest BCUT2D eigenvalue weighted by molar-refractivity contribution is 5.81. The number of hydrogen-bond acceptors (Lipinski definition) is 7. The van der Waals surface area contributed by atoms with Gasteiger partial charge < -0.3 is 29.6 Å². The van der Waals surface area contributed by atoms with E-state index in [9.17, 15) is 14.4 Å². The summed E-state index contributed by atoms with van der Waals surface area (Å²) in [5.74, 6) is -0.636. The molecule has 0 saturated carbocycles. The van der Waals surface area contributed by atoms with Gasteiger partial charge >= 0.3 is 12.1 Å². The van der Waals surface area contributed by atoms with Crippen molar-refractivity contribution in [1.29, 1.82) is 0 Å². The van der Waals surface area contributed by atoms with E-state index < -0.39 is 17.7 Å². The number of rotatable bonds is 12. The van der Waals surface area contributed by atoms with Gasteiger partial charge in [0.2, 0.25) is 5.91 Å². The van der Waals surface area contributed by atoms with Crippen molar-refractivity contribution < 1.29 is 33.3 Å². The molecule has 25 heavy (non-hydrogen) atoms. The van der Waals surface area contributed by atoms with Gasteiger partial charge in [-0.3, -0.25) is 9.59 Å². The Morgan fingerprint density at radius 3 is 1.92 bits per heavy atom. The first-order valence-corrected chi connectivity index (χ1v) is 8.20. The van der Waals surface area contributed by atoms with E-state index >= 15 is 0 Å². The number of amides is 2. The number of alkyl carbamates (subject to hydrolysis) is 1. The zero-order valence-corrected chi connectivity index (χ0v) is 15.5. The molecule has 9 heteroatoms. The van der Waals surface area contributed by atoms with Crippen LogP contribution in [-0.2, 0) is 28.5 Å². The molecule has 0 aromatic heterocycles. The van der Waals surface area contributed by atoms with Crippen LogP contribution in [0.25, 0.3) is 0 Å². The van der Waals surface area contributed by atoms with E-state index in [1.54, 1.807) is 20.8 Å². The average molecular weight is 362 g/mol. The Morgan fingerprint density at radius 2 is 1.40 bits per heavy atom. The van der Waals surface area contributed by atoms with Crippen LogP contribution in [0.15, 0.2) is 0 Å². The van der Waals surface area contributed by atoms with Gasteiger partial charge in [-0.25, -0.2) is 4.79 Å². The van der Waals surface area contributed by atoms with E-state index in [0.717, 1.165) is 0 Å². The van der Waals surface area contributed by atoms with Gasteiger partial charge in [0, 0.05) is 19.5 Å². The van der Waals surface area contributed by atoms with Crippen molar-refractivity contribution in [2.24, 2.45) is 0 Å². The molecule has 0 radical (unpaired) electrons. The first-order chi connectivity index (χ1) is 11.7. The van der Waals surface area contributed by atoms with E-state index in [0.29, 0.717) is 39.5 Å². The molecule has 9 nitrogen and oxygen atoms in total. The van der Waals surface area contributed by atoms with Crippen molar-refractivity contribution in [1.82, 2.24) is 10.6 Å². The van der Waals surface area contributed by atoms with Crippen LogP contribution in [0.3, 0.4) is 0 Å². The minimum atomic E-state index is -0.520. The van der Waals surface area contributed by atoms with Gasteiger partial charge in [-0.1, -0.05) is 0 Å². The van der Waals surface area contributed by atoms with Gasteiger partial charge in [0.05, 0.1) is 40.0 Å². The van der Waals surface area contributed by atoms with E-state index in [4.69, 9.17) is 14.2 Å². The highest BCUT2D eigenvalue weighted by Crippen LogP contribution is 2.05. The smallest absolute Gasteiger partial charge is 0.407 e. The molecule has 0 saturated heterocycles. The Bertz CT molecular complexity index is 408. The van der Waals surface area contributed by atoms with Crippen LogP contribution in [0.2, 0.25) is 0 Å². The second kappa shape index (κ2) is 13.4. The molecule has 0 aliphatic rings. The fraction of sp³-hybridized carbons (Fsp3) is 0.812. The number of carbonyl (C=O) groups is 3. The van der Waals surface area contributed by atoms with Crippen molar-refractivity contribution in [3.05, 3.63) is 0 Å². The molecule has 0 spiro atoms. The molecule has 0 bridgehead atoms. The van der Waals surface area contributed by atoms with Crippen LogP contribution in [0, 0.1) is 0 Å². The maximum absolute atomic E-state index is 11.4. The van der Waals surface area contributed by atoms with Crippen molar-refractivity contribution in [3.8, 4) is 0 Å². The SMILES string of the molecule is COC(=O)CCC(=O)NCCOCCOCCNC(=O)OC(C)(C)C. The van der Waals surface area contributed by atoms with E-state index in [-0.39, 0.29) is 18.7 Å². The Morgan fingerprint density at radius 1 is 0.840 bits per heavy atom. The summed E-state index contributed by atoms with van der Waals surface area (Å²) in [7, 11) is 1.28. The van der Waals surface area contributed by atoms with Crippen LogP contribution in [0.4, 0.5) is 4.79 Å². The zero-order chi connectivity index (χ0) is 19.1. The Balaban J connectivity index is 3.35. The predicted octanol–water partition coefficient (Wildman–Crippen LogP) is 0.614. The Kier molecular flexibility index (Phi) is 12.4. The molecule has 0 unspecified atom stereocenters. The minimum absolute atomic E-state index is 0.0639. The number of ether oxygens (including phenoxy) is 4. The molecule has 0 atom stereocenters. The van der Waals surface area contributed by atoms with E-state index in [1.807, 2.05) is 0 Å². The van der Waals surface area contributed by atoms with Gasteiger partial charge in [0.1, 0.15) is 5.60 Å². The maximum Gasteiger partial charge on any atom is 0.407 e. The quantitative estimate of drug-likeness (QED) is 0.386.